The third kappa shape index (κ3) is 7.64. The van der Waals surface area contributed by atoms with Gasteiger partial charge < -0.3 is 15.8 Å². The number of nitrogens with zero attached hydrogens (tertiary/aromatic N) is 2. The van der Waals surface area contributed by atoms with Crippen molar-refractivity contribution in [2.45, 2.75) is 72.8 Å². The molecule has 0 atom stereocenters. The molecule has 1 fully saturated rings. The van der Waals surface area contributed by atoms with Crippen LogP contribution in [0.15, 0.2) is 30.4 Å². The number of aromatic nitrogens is 2. The summed E-state index contributed by atoms with van der Waals surface area (Å²) >= 11 is 6.07. The Labute approximate surface area is 207 Å². The number of anilines is 2. The number of rotatable bonds is 9. The Hall–Kier alpha value is -2.25. The molecule has 8 heteroatoms. The maximum atomic E-state index is 13.6. The molecule has 1 aromatic carbocycles. The lowest BCUT2D eigenvalue weighted by molar-refractivity contribution is -0.0774. The van der Waals surface area contributed by atoms with Crippen molar-refractivity contribution in [1.29, 1.82) is 0 Å². The summed E-state index contributed by atoms with van der Waals surface area (Å²) < 4.78 is 32.3. The molecule has 3 rings (SSSR count). The summed E-state index contributed by atoms with van der Waals surface area (Å²) in [6.07, 6.45) is 3.67. The molecule has 1 saturated heterocycles. The van der Waals surface area contributed by atoms with Crippen LogP contribution in [0.4, 0.5) is 20.3 Å². The van der Waals surface area contributed by atoms with Crippen LogP contribution in [0.1, 0.15) is 69.8 Å². The molecule has 1 aromatic heterocycles. The number of hydrogen-bond acceptors (Lipinski definition) is 5. The molecule has 188 valence electrons. The average Bonchev–Trinajstić information content (AvgIpc) is 2.73. The lowest BCUT2D eigenvalue weighted by Crippen LogP contribution is -2.40. The summed E-state index contributed by atoms with van der Waals surface area (Å²) in [4.78, 5) is 8.64. The Kier molecular flexibility index (Phi) is 9.83. The number of nitrogen functional groups attached to an aromatic ring is 1. The van der Waals surface area contributed by atoms with Crippen molar-refractivity contribution in [3.8, 4) is 0 Å². The second-order valence-electron chi connectivity index (χ2n) is 9.26. The molecule has 0 spiro atoms. The zero-order valence-corrected chi connectivity index (χ0v) is 21.7. The SMILES string of the molecule is C=C(C)C1(C)COC1.CCCCc1nc(Cl)nc(NCc2cc(N)cc(C(C)(F)F)c2)c1CC. The fraction of sp³-hybridized carbons (Fsp3) is 0.538. The van der Waals surface area contributed by atoms with E-state index in [-0.39, 0.29) is 10.8 Å². The van der Waals surface area contributed by atoms with E-state index in [1.807, 2.05) is 6.92 Å². The van der Waals surface area contributed by atoms with E-state index >= 15 is 0 Å². The minimum atomic E-state index is -2.94. The molecule has 0 aliphatic carbocycles. The molecular formula is C26H37ClF2N4O. The first kappa shape index (κ1) is 28.0. The molecular weight excluding hydrogens is 458 g/mol. The minimum Gasteiger partial charge on any atom is -0.399 e. The fourth-order valence-corrected chi connectivity index (χ4v) is 3.67. The summed E-state index contributed by atoms with van der Waals surface area (Å²) in [7, 11) is 0. The van der Waals surface area contributed by atoms with Crippen LogP contribution in [0.2, 0.25) is 5.28 Å². The first-order valence-corrected chi connectivity index (χ1v) is 12.1. The van der Waals surface area contributed by atoms with Gasteiger partial charge in [-0.05, 0) is 61.5 Å². The van der Waals surface area contributed by atoms with E-state index in [0.717, 1.165) is 57.1 Å². The van der Waals surface area contributed by atoms with Crippen LogP contribution < -0.4 is 11.1 Å². The van der Waals surface area contributed by atoms with Crippen molar-refractivity contribution in [3.05, 3.63) is 58.0 Å². The highest BCUT2D eigenvalue weighted by Crippen LogP contribution is 2.33. The summed E-state index contributed by atoms with van der Waals surface area (Å²) in [5, 5.41) is 3.39. The van der Waals surface area contributed by atoms with Gasteiger partial charge in [-0.1, -0.05) is 39.3 Å². The van der Waals surface area contributed by atoms with Crippen LogP contribution in [0, 0.1) is 5.41 Å². The van der Waals surface area contributed by atoms with Gasteiger partial charge in [0.05, 0.1) is 18.9 Å². The molecule has 0 radical (unpaired) electrons. The predicted molar refractivity (Wildman–Crippen MR) is 137 cm³/mol. The lowest BCUT2D eigenvalue weighted by atomic mass is 9.82. The molecule has 34 heavy (non-hydrogen) atoms. The van der Waals surface area contributed by atoms with Gasteiger partial charge in [-0.2, -0.15) is 0 Å². The van der Waals surface area contributed by atoms with Crippen LogP contribution in [0.25, 0.3) is 0 Å². The number of nitrogens with two attached hydrogens (primary N) is 1. The van der Waals surface area contributed by atoms with Gasteiger partial charge in [-0.25, -0.2) is 18.7 Å². The molecule has 0 unspecified atom stereocenters. The number of nitrogens with one attached hydrogen (secondary N) is 1. The van der Waals surface area contributed by atoms with Gasteiger partial charge in [-0.15, -0.1) is 0 Å². The van der Waals surface area contributed by atoms with E-state index in [1.165, 1.54) is 17.7 Å². The number of unbranched alkanes of at least 4 members (excludes halogenated alkanes) is 1. The highest BCUT2D eigenvalue weighted by molar-refractivity contribution is 6.28. The number of hydrogen-bond donors (Lipinski definition) is 2. The van der Waals surface area contributed by atoms with Crippen molar-refractivity contribution in [1.82, 2.24) is 9.97 Å². The summed E-state index contributed by atoms with van der Waals surface area (Å²) in [6.45, 7) is 15.2. The molecule has 0 bridgehead atoms. The first-order chi connectivity index (χ1) is 15.9. The smallest absolute Gasteiger partial charge is 0.270 e. The fourth-order valence-electron chi connectivity index (χ4n) is 3.48. The normalized spacial score (nSPS) is 14.6. The highest BCUT2D eigenvalue weighted by Gasteiger charge is 2.33. The standard InChI is InChI=1S/C19H25ClF2N4.C7H12O/c1-4-6-7-16-15(5-2)17(26-18(20)25-16)24-11-12-8-13(19(3,21)22)10-14(23)9-12;1-6(2)7(3)4-8-5-7/h8-10H,4-7,11,23H2,1-3H3,(H,24,25,26);1,4-5H2,2-3H3. The molecule has 1 aliphatic heterocycles. The van der Waals surface area contributed by atoms with Gasteiger partial charge in [0.15, 0.2) is 0 Å². The molecule has 0 saturated carbocycles. The Morgan fingerprint density at radius 1 is 1.26 bits per heavy atom. The van der Waals surface area contributed by atoms with Crippen molar-refractivity contribution in [2.75, 3.05) is 24.3 Å². The summed E-state index contributed by atoms with van der Waals surface area (Å²) in [5.74, 6) is -2.30. The Balaban J connectivity index is 0.000000430. The topological polar surface area (TPSA) is 73.1 Å². The molecule has 5 nitrogen and oxygen atoms in total. The van der Waals surface area contributed by atoms with Gasteiger partial charge in [-0.3, -0.25) is 0 Å². The van der Waals surface area contributed by atoms with Crippen LogP contribution in [-0.2, 0) is 30.0 Å². The van der Waals surface area contributed by atoms with E-state index < -0.39 is 5.92 Å². The van der Waals surface area contributed by atoms with Crippen molar-refractivity contribution >= 4 is 23.1 Å². The number of alkyl halides is 2. The van der Waals surface area contributed by atoms with E-state index in [0.29, 0.717) is 29.0 Å². The Morgan fingerprint density at radius 2 is 1.94 bits per heavy atom. The van der Waals surface area contributed by atoms with E-state index in [2.05, 4.69) is 42.6 Å². The lowest BCUT2D eigenvalue weighted by Gasteiger charge is -2.38. The van der Waals surface area contributed by atoms with Crippen LogP contribution >= 0.6 is 11.6 Å². The van der Waals surface area contributed by atoms with Crippen LogP contribution in [0.3, 0.4) is 0 Å². The van der Waals surface area contributed by atoms with Crippen molar-refractivity contribution in [2.24, 2.45) is 5.41 Å². The van der Waals surface area contributed by atoms with Gasteiger partial charge in [0, 0.05) is 35.7 Å². The molecule has 1 aliphatic rings. The van der Waals surface area contributed by atoms with Gasteiger partial charge >= 0.3 is 0 Å². The number of halogens is 3. The first-order valence-electron chi connectivity index (χ1n) is 11.7. The number of ether oxygens (including phenoxy) is 1. The van der Waals surface area contributed by atoms with Gasteiger partial charge in [0.1, 0.15) is 5.82 Å². The third-order valence-corrected chi connectivity index (χ3v) is 6.21. The number of benzene rings is 1. The summed E-state index contributed by atoms with van der Waals surface area (Å²) in [6, 6.07) is 4.43. The van der Waals surface area contributed by atoms with E-state index in [9.17, 15) is 8.78 Å². The molecule has 2 heterocycles. The Morgan fingerprint density at radius 3 is 2.41 bits per heavy atom. The molecule has 0 amide bonds. The van der Waals surface area contributed by atoms with E-state index in [1.54, 1.807) is 6.07 Å². The van der Waals surface area contributed by atoms with Gasteiger partial charge in [0.25, 0.3) is 5.92 Å². The zero-order chi connectivity index (χ0) is 25.5. The number of aryl methyl sites for hydroxylation is 1. The molecule has 3 N–H and O–H groups in total. The third-order valence-electron chi connectivity index (χ3n) is 6.04. The monoisotopic (exact) mass is 494 g/mol. The summed E-state index contributed by atoms with van der Waals surface area (Å²) in [5.41, 5.74) is 10.1. The Bertz CT molecular complexity index is 987. The molecule has 2 aromatic rings. The highest BCUT2D eigenvalue weighted by atomic mass is 35.5. The van der Waals surface area contributed by atoms with Gasteiger partial charge in [0.2, 0.25) is 5.28 Å². The second kappa shape index (κ2) is 11.9. The quantitative estimate of drug-likeness (QED) is 0.224. The van der Waals surface area contributed by atoms with Crippen molar-refractivity contribution < 1.29 is 13.5 Å². The minimum absolute atomic E-state index is 0.102. The average molecular weight is 495 g/mol. The zero-order valence-electron chi connectivity index (χ0n) is 20.9. The maximum absolute atomic E-state index is 13.6. The largest absolute Gasteiger partial charge is 0.399 e. The maximum Gasteiger partial charge on any atom is 0.270 e. The van der Waals surface area contributed by atoms with E-state index in [4.69, 9.17) is 22.1 Å². The second-order valence-corrected chi connectivity index (χ2v) is 9.60. The van der Waals surface area contributed by atoms with Crippen LogP contribution in [0.5, 0.6) is 0 Å². The van der Waals surface area contributed by atoms with Crippen LogP contribution in [-0.4, -0.2) is 23.2 Å². The predicted octanol–water partition coefficient (Wildman–Crippen LogP) is 6.94. The van der Waals surface area contributed by atoms with Crippen molar-refractivity contribution in [3.63, 3.8) is 0 Å².